The van der Waals surface area contributed by atoms with Crippen LogP contribution >= 0.6 is 7.75 Å². The second kappa shape index (κ2) is 11.7. The summed E-state index contributed by atoms with van der Waals surface area (Å²) in [4.78, 5) is 25.4. The van der Waals surface area contributed by atoms with Gasteiger partial charge in [-0.05, 0) is 52.7 Å². The number of nitrogens with one attached hydrogen (secondary N) is 2. The number of nitrogen functional groups attached to an aromatic ring is 1. The molecule has 3 heterocycles. The third-order valence-corrected chi connectivity index (χ3v) is 8.44. The Morgan fingerprint density at radius 1 is 1.26 bits per heavy atom. The van der Waals surface area contributed by atoms with Crippen molar-refractivity contribution in [2.45, 2.75) is 82.8 Å². The first-order chi connectivity index (χ1) is 19.9. The van der Waals surface area contributed by atoms with E-state index in [1.807, 2.05) is 0 Å². The van der Waals surface area contributed by atoms with Crippen molar-refractivity contribution in [3.8, 4) is 5.75 Å². The first-order valence-electron chi connectivity index (χ1n) is 13.7. The average molecular weight is 606 g/mol. The van der Waals surface area contributed by atoms with Gasteiger partial charge in [0.1, 0.15) is 29.6 Å². The maximum atomic E-state index is 13.8. The van der Waals surface area contributed by atoms with Gasteiger partial charge in [0, 0.05) is 6.04 Å². The zero-order valence-electron chi connectivity index (χ0n) is 23.7. The van der Waals surface area contributed by atoms with Gasteiger partial charge in [-0.25, -0.2) is 9.55 Å². The molecule has 0 unspecified atom stereocenters. The molecule has 16 heteroatoms. The molecule has 0 radical (unpaired) electrons. The molecule has 1 aliphatic carbocycles. The number of hydrogen-bond donors (Lipinski definition) is 5. The van der Waals surface area contributed by atoms with Crippen molar-refractivity contribution in [1.82, 2.24) is 24.6 Å². The number of imidazole rings is 1. The smallest absolute Gasteiger partial charge is 0.459 e. The topological polar surface area (TPSA) is 205 Å². The van der Waals surface area contributed by atoms with E-state index in [1.165, 1.54) is 24.7 Å². The van der Waals surface area contributed by atoms with Crippen molar-refractivity contribution >= 4 is 36.6 Å². The fourth-order valence-corrected chi connectivity index (χ4v) is 6.01. The molecule has 2 fully saturated rings. The van der Waals surface area contributed by atoms with Gasteiger partial charge in [-0.3, -0.25) is 13.9 Å². The van der Waals surface area contributed by atoms with Crippen molar-refractivity contribution in [3.05, 3.63) is 36.7 Å². The van der Waals surface area contributed by atoms with E-state index in [2.05, 4.69) is 25.4 Å². The van der Waals surface area contributed by atoms with Crippen molar-refractivity contribution in [3.63, 3.8) is 0 Å². The number of benzene rings is 1. The highest BCUT2D eigenvalue weighted by atomic mass is 31.2. The molecule has 1 aliphatic heterocycles. The predicted molar refractivity (Wildman–Crippen MR) is 151 cm³/mol. The molecule has 0 amide bonds. The molecule has 42 heavy (non-hydrogen) atoms. The number of fused-ring (bicyclic) bond motifs is 1. The Hall–Kier alpha value is -3.33. The quantitative estimate of drug-likeness (QED) is 0.148. The van der Waals surface area contributed by atoms with Gasteiger partial charge in [0.05, 0.1) is 19.0 Å². The first kappa shape index (κ1) is 30.1. The number of aromatic nitrogens is 4. The zero-order chi connectivity index (χ0) is 30.2. The van der Waals surface area contributed by atoms with Crippen LogP contribution in [0.4, 0.5) is 11.8 Å². The number of para-hydroxylation sites is 1. The van der Waals surface area contributed by atoms with E-state index in [0.29, 0.717) is 17.0 Å². The van der Waals surface area contributed by atoms with Gasteiger partial charge in [-0.1, -0.05) is 18.2 Å². The van der Waals surface area contributed by atoms with Crippen molar-refractivity contribution < 1.29 is 38.1 Å². The van der Waals surface area contributed by atoms with Crippen LogP contribution in [0.3, 0.4) is 0 Å². The van der Waals surface area contributed by atoms with Crippen LogP contribution in [0.1, 0.15) is 46.8 Å². The number of aliphatic hydroxyl groups is 2. The summed E-state index contributed by atoms with van der Waals surface area (Å²) in [5, 5.41) is 28.3. The molecule has 5 rings (SSSR count). The van der Waals surface area contributed by atoms with E-state index < -0.39 is 56.5 Å². The molecule has 2 aromatic heterocycles. The van der Waals surface area contributed by atoms with Crippen molar-refractivity contribution in [1.29, 1.82) is 0 Å². The summed E-state index contributed by atoms with van der Waals surface area (Å²) in [6, 6.07) is 7.47. The van der Waals surface area contributed by atoms with Crippen LogP contribution in [-0.4, -0.2) is 78.3 Å². The molecule has 1 saturated carbocycles. The lowest BCUT2D eigenvalue weighted by Crippen LogP contribution is -2.44. The van der Waals surface area contributed by atoms with E-state index in [0.717, 1.165) is 12.8 Å². The summed E-state index contributed by atoms with van der Waals surface area (Å²) in [5.41, 5.74) is 4.83. The minimum absolute atomic E-state index is 0.000610. The predicted octanol–water partition coefficient (Wildman–Crippen LogP) is 2.13. The van der Waals surface area contributed by atoms with Gasteiger partial charge in [0.15, 0.2) is 23.2 Å². The molecule has 15 nitrogen and oxygen atoms in total. The summed E-state index contributed by atoms with van der Waals surface area (Å²) in [7, 11) is -4.24. The highest BCUT2D eigenvalue weighted by Gasteiger charge is 2.54. The van der Waals surface area contributed by atoms with Crippen LogP contribution in [0.15, 0.2) is 36.7 Å². The van der Waals surface area contributed by atoms with Crippen molar-refractivity contribution in [2.75, 3.05) is 17.7 Å². The normalized spacial score (nSPS) is 26.2. The SMILES string of the molecule is CC(C)OC(=O)[C@@H](C)N[P@](=O)(OC[C@H]1O[C@@H](n2cnc3c(NC4CC4)nc(N)nc32)[C@](C)(O)[C@@H]1O)Oc1ccccc1. The Kier molecular flexibility index (Phi) is 8.43. The third-order valence-electron chi connectivity index (χ3n) is 6.80. The van der Waals surface area contributed by atoms with Crippen LogP contribution in [0.25, 0.3) is 11.2 Å². The number of anilines is 2. The van der Waals surface area contributed by atoms with Crippen LogP contribution in [0.5, 0.6) is 5.75 Å². The lowest BCUT2D eigenvalue weighted by Gasteiger charge is -2.27. The highest BCUT2D eigenvalue weighted by Crippen LogP contribution is 2.47. The van der Waals surface area contributed by atoms with Gasteiger partial charge < -0.3 is 35.3 Å². The molecular formula is C26H36N7O8P. The number of aliphatic hydroxyl groups excluding tert-OH is 1. The average Bonchev–Trinajstić information content (AvgIpc) is 3.59. The summed E-state index contributed by atoms with van der Waals surface area (Å²) >= 11 is 0. The Labute approximate surface area is 242 Å². The molecule has 0 spiro atoms. The number of esters is 1. The lowest BCUT2D eigenvalue weighted by atomic mass is 9.96. The van der Waals surface area contributed by atoms with Gasteiger partial charge >= 0.3 is 13.7 Å². The van der Waals surface area contributed by atoms with Crippen LogP contribution in [0, 0.1) is 0 Å². The number of ether oxygens (including phenoxy) is 2. The van der Waals surface area contributed by atoms with Crippen LogP contribution in [-0.2, 0) is 23.4 Å². The Balaban J connectivity index is 1.36. The van der Waals surface area contributed by atoms with Crippen LogP contribution in [0.2, 0.25) is 0 Å². The van der Waals surface area contributed by atoms with Gasteiger partial charge in [0.2, 0.25) is 5.95 Å². The molecule has 6 atom stereocenters. The highest BCUT2D eigenvalue weighted by molar-refractivity contribution is 7.52. The molecular weight excluding hydrogens is 569 g/mol. The van der Waals surface area contributed by atoms with Gasteiger partial charge in [0.25, 0.3) is 0 Å². The van der Waals surface area contributed by atoms with Crippen molar-refractivity contribution in [2.24, 2.45) is 0 Å². The number of nitrogens with zero attached hydrogens (tertiary/aromatic N) is 4. The summed E-state index contributed by atoms with van der Waals surface area (Å²) in [5.74, 6) is 0.0235. The third kappa shape index (κ3) is 6.51. The largest absolute Gasteiger partial charge is 0.462 e. The first-order valence-corrected chi connectivity index (χ1v) is 15.2. The summed E-state index contributed by atoms with van der Waals surface area (Å²) in [6.45, 7) is 5.76. The second-order valence-corrected chi connectivity index (χ2v) is 12.6. The number of carbonyl (C=O) groups is 1. The van der Waals surface area contributed by atoms with E-state index >= 15 is 0 Å². The number of nitrogens with two attached hydrogens (primary N) is 1. The Morgan fingerprint density at radius 3 is 2.64 bits per heavy atom. The zero-order valence-corrected chi connectivity index (χ0v) is 24.6. The molecule has 1 aromatic carbocycles. The molecule has 2 aliphatic rings. The summed E-state index contributed by atoms with van der Waals surface area (Å²) in [6.07, 6.45) is -0.792. The number of rotatable bonds is 12. The van der Waals surface area contributed by atoms with Gasteiger partial charge in [-0.2, -0.15) is 15.1 Å². The summed E-state index contributed by atoms with van der Waals surface area (Å²) < 4.78 is 37.9. The second-order valence-electron chi connectivity index (χ2n) is 10.9. The fourth-order valence-electron chi connectivity index (χ4n) is 4.51. The Bertz CT molecular complexity index is 1470. The molecule has 228 valence electrons. The van der Waals surface area contributed by atoms with Gasteiger partial charge in [-0.15, -0.1) is 0 Å². The van der Waals surface area contributed by atoms with E-state index in [-0.39, 0.29) is 17.7 Å². The van der Waals surface area contributed by atoms with E-state index in [9.17, 15) is 19.6 Å². The minimum Gasteiger partial charge on any atom is -0.462 e. The molecule has 6 N–H and O–H groups in total. The molecule has 1 saturated heterocycles. The van der Waals surface area contributed by atoms with E-state index in [4.69, 9.17) is 24.3 Å². The molecule has 3 aromatic rings. The lowest BCUT2D eigenvalue weighted by molar-refractivity contribution is -0.149. The standard InChI is InChI=1S/C26H36N7O8P/c1-14(2)39-23(35)15(3)32-42(37,41-17-8-6-5-7-9-17)38-12-18-20(34)26(4,36)24(40-18)33-13-28-19-21(29-16-10-11-16)30-25(27)31-22(19)33/h5-9,13-16,18,20,24,34,36H,10-12H2,1-4H3,(H,32,37)(H3,27,29,30,31)/t15-,18-,20-,24-,26-,42+/m1/s1. The van der Waals surface area contributed by atoms with Crippen LogP contribution < -0.4 is 20.7 Å². The maximum Gasteiger partial charge on any atom is 0.459 e. The monoisotopic (exact) mass is 605 g/mol. The fraction of sp³-hybridized carbons (Fsp3) is 0.538. The van der Waals surface area contributed by atoms with E-state index in [1.54, 1.807) is 44.2 Å². The number of carbonyl (C=O) groups excluding carboxylic acids is 1. The minimum atomic E-state index is -4.24. The number of hydrogen-bond acceptors (Lipinski definition) is 13. The Morgan fingerprint density at radius 2 is 1.98 bits per heavy atom. The maximum absolute atomic E-state index is 13.8. The molecule has 0 bridgehead atoms.